The molecule has 4 aromatic rings. The molecule has 3 N–H and O–H groups in total. The van der Waals surface area contributed by atoms with Crippen molar-refractivity contribution in [3.8, 4) is 11.3 Å². The van der Waals surface area contributed by atoms with Crippen molar-refractivity contribution in [1.82, 2.24) is 24.5 Å². The molecule has 1 saturated carbocycles. The number of imidazole rings is 2. The number of benzene rings is 1. The van der Waals surface area contributed by atoms with Crippen molar-refractivity contribution < 1.29 is 22.2 Å². The van der Waals surface area contributed by atoms with E-state index in [9.17, 15) is 22.2 Å². The molecule has 0 bridgehead atoms. The zero-order valence-electron chi connectivity index (χ0n) is 20.0. The molecule has 3 heterocycles. The molecule has 5 rings (SSSR count). The Morgan fingerprint density at radius 1 is 1.27 bits per heavy atom. The molecular weight excluding hydrogens is 509 g/mol. The maximum absolute atomic E-state index is 13.4. The van der Waals surface area contributed by atoms with Crippen LogP contribution in [0.5, 0.6) is 0 Å². The van der Waals surface area contributed by atoms with Crippen molar-refractivity contribution in [2.24, 2.45) is 13.0 Å². The highest BCUT2D eigenvalue weighted by Crippen LogP contribution is 2.37. The molecule has 194 valence electrons. The molecule has 37 heavy (non-hydrogen) atoms. The monoisotopic (exact) mass is 532 g/mol. The lowest BCUT2D eigenvalue weighted by Crippen LogP contribution is -2.20. The summed E-state index contributed by atoms with van der Waals surface area (Å²) in [6, 6.07) is 6.87. The summed E-state index contributed by atoms with van der Waals surface area (Å²) >= 11 is 0. The summed E-state index contributed by atoms with van der Waals surface area (Å²) in [4.78, 5) is 27.0. The fraction of sp³-hybridized carbons (Fsp3) is 0.304. The number of nitrogens with one attached hydrogen (secondary N) is 3. The number of carbonyl (C=O) groups is 1. The number of pyridine rings is 1. The number of aryl methyl sites for hydroxylation is 1. The fourth-order valence-corrected chi connectivity index (χ4v) is 4.33. The number of amides is 1. The third-order valence-electron chi connectivity index (χ3n) is 6.09. The third kappa shape index (κ3) is 4.88. The van der Waals surface area contributed by atoms with Crippen LogP contribution in [-0.4, -0.2) is 54.1 Å². The summed E-state index contributed by atoms with van der Waals surface area (Å²) in [5.74, 6) is -1.85. The highest BCUT2D eigenvalue weighted by Gasteiger charge is 2.43. The molecule has 0 saturated heterocycles. The topological polar surface area (TPSA) is 121 Å². The molecule has 0 spiro atoms. The highest BCUT2D eigenvalue weighted by atomic mass is 32.2. The molecule has 3 aromatic heterocycles. The maximum Gasteiger partial charge on any atom is 0.295 e. The normalized spacial score (nSPS) is 17.7. The molecule has 1 aromatic carbocycles. The number of aromatic nitrogens is 5. The van der Waals surface area contributed by atoms with Crippen LogP contribution in [0.2, 0.25) is 0 Å². The second-order valence-electron chi connectivity index (χ2n) is 8.69. The zero-order chi connectivity index (χ0) is 26.4. The first kappa shape index (κ1) is 24.7. The molecule has 1 fully saturated rings. The van der Waals surface area contributed by atoms with Crippen molar-refractivity contribution in [3.05, 3.63) is 42.6 Å². The number of halogens is 3. The fourth-order valence-electron chi connectivity index (χ4n) is 3.90. The first-order valence-corrected chi connectivity index (χ1v) is 12.7. The molecule has 1 amide bonds. The molecule has 14 heteroatoms. The lowest BCUT2D eigenvalue weighted by Gasteiger charge is -2.22. The van der Waals surface area contributed by atoms with Crippen LogP contribution < -0.4 is 14.9 Å². The van der Waals surface area contributed by atoms with Crippen molar-refractivity contribution in [3.63, 3.8) is 0 Å². The minimum atomic E-state index is -2.87. The van der Waals surface area contributed by atoms with Gasteiger partial charge in [0.25, 0.3) is 6.43 Å². The van der Waals surface area contributed by atoms with Crippen LogP contribution in [0.15, 0.2) is 36.8 Å². The summed E-state index contributed by atoms with van der Waals surface area (Å²) in [5, 5.41) is 5.72. The number of hydrogen-bond acceptors (Lipinski definition) is 6. The first-order chi connectivity index (χ1) is 17.6. The van der Waals surface area contributed by atoms with Crippen molar-refractivity contribution >= 4 is 50.9 Å². The number of rotatable bonds is 8. The Hall–Kier alpha value is -3.94. The van der Waals surface area contributed by atoms with Gasteiger partial charge in [-0.05, 0) is 18.6 Å². The van der Waals surface area contributed by atoms with E-state index in [0.717, 1.165) is 11.3 Å². The van der Waals surface area contributed by atoms with Gasteiger partial charge >= 0.3 is 0 Å². The maximum atomic E-state index is 13.4. The predicted octanol–water partition coefficient (Wildman–Crippen LogP) is 4.07. The molecule has 0 aliphatic heterocycles. The lowest BCUT2D eigenvalue weighted by molar-refractivity contribution is -0.117. The Kier molecular flexibility index (Phi) is 6.35. The summed E-state index contributed by atoms with van der Waals surface area (Å²) in [6.07, 6.45) is 0.944. The number of nitrogens with zero attached hydrogens (tertiary/aromatic N) is 5. The van der Waals surface area contributed by atoms with E-state index in [1.807, 2.05) is 23.7 Å². The summed E-state index contributed by atoms with van der Waals surface area (Å²) in [5.41, 5.74) is 3.14. The van der Waals surface area contributed by atoms with E-state index in [0.29, 0.717) is 11.4 Å². The number of carbonyl (C=O) groups excluding carboxylic acids is 1. The lowest BCUT2D eigenvalue weighted by atomic mass is 10.1. The van der Waals surface area contributed by atoms with Crippen LogP contribution in [0.3, 0.4) is 0 Å². The zero-order valence-corrected chi connectivity index (χ0v) is 20.8. The minimum absolute atomic E-state index is 0.0342. The standard InChI is InChI=1S/C23H23F3N8O2S/c1-33-10-27-9-17(33)11-4-5-14(16(6-11)34(2)37(3)36)28-15-8-18(30-23(35)12-7-13(12)24)29-21-19(15)31-22(32-21)20(25)26/h4-6,8-10,12-13,20H,7H2,1-3H3,(H3,28,29,30,31,32,35)/t12-,13+,37?/m1/s1. The van der Waals surface area contributed by atoms with E-state index < -0.39 is 41.2 Å². The van der Waals surface area contributed by atoms with Crippen molar-refractivity contribution in [2.75, 3.05) is 28.2 Å². The van der Waals surface area contributed by atoms with Gasteiger partial charge in [0.15, 0.2) is 11.5 Å². The highest BCUT2D eigenvalue weighted by molar-refractivity contribution is 7.85. The second-order valence-corrected chi connectivity index (χ2v) is 10.1. The SMILES string of the molecule is CN(c1cc(-c2cncn2C)ccc1Nc1cc(NC(=O)[C@@H]2C[C@@H]2F)nc2nc(C(F)F)[nH]c12)S(C)=O. The number of fused-ring (bicyclic) bond motifs is 1. The van der Waals surface area contributed by atoms with Gasteiger partial charge in [-0.15, -0.1) is 0 Å². The summed E-state index contributed by atoms with van der Waals surface area (Å²) in [7, 11) is 2.12. The van der Waals surface area contributed by atoms with Gasteiger partial charge in [-0.25, -0.2) is 32.3 Å². The molecule has 0 radical (unpaired) electrons. The average Bonchev–Trinajstić information content (AvgIpc) is 3.22. The smallest absolute Gasteiger partial charge is 0.295 e. The van der Waals surface area contributed by atoms with Crippen LogP contribution in [0.4, 0.5) is 36.1 Å². The Bertz CT molecular complexity index is 1520. The largest absolute Gasteiger partial charge is 0.352 e. The van der Waals surface area contributed by atoms with Gasteiger partial charge in [0.05, 0.1) is 41.2 Å². The second kappa shape index (κ2) is 9.50. The van der Waals surface area contributed by atoms with Gasteiger partial charge in [-0.1, -0.05) is 6.07 Å². The van der Waals surface area contributed by atoms with E-state index in [2.05, 4.69) is 30.6 Å². The van der Waals surface area contributed by atoms with Crippen LogP contribution >= 0.6 is 0 Å². The molecule has 3 atom stereocenters. The quantitative estimate of drug-likeness (QED) is 0.315. The molecular formula is C23H23F3N8O2S. The Labute approximate surface area is 211 Å². The van der Waals surface area contributed by atoms with Crippen molar-refractivity contribution in [1.29, 1.82) is 0 Å². The van der Waals surface area contributed by atoms with Crippen LogP contribution in [0.25, 0.3) is 22.4 Å². The van der Waals surface area contributed by atoms with Gasteiger partial charge in [0, 0.05) is 32.0 Å². The van der Waals surface area contributed by atoms with E-state index in [-0.39, 0.29) is 29.1 Å². The first-order valence-electron chi connectivity index (χ1n) is 11.2. The van der Waals surface area contributed by atoms with E-state index in [1.165, 1.54) is 12.3 Å². The third-order valence-corrected chi connectivity index (χ3v) is 7.06. The summed E-state index contributed by atoms with van der Waals surface area (Å²) < 4.78 is 55.9. The van der Waals surface area contributed by atoms with E-state index >= 15 is 0 Å². The Morgan fingerprint density at radius 2 is 2.03 bits per heavy atom. The number of hydrogen-bond donors (Lipinski definition) is 3. The van der Waals surface area contributed by atoms with Gasteiger partial charge in [-0.2, -0.15) is 0 Å². The average molecular weight is 533 g/mol. The molecule has 1 aliphatic carbocycles. The Morgan fingerprint density at radius 3 is 2.65 bits per heavy atom. The van der Waals surface area contributed by atoms with Crippen LogP contribution in [0, 0.1) is 5.92 Å². The number of H-pyrrole nitrogens is 1. The van der Waals surface area contributed by atoms with E-state index in [4.69, 9.17) is 0 Å². The minimum Gasteiger partial charge on any atom is -0.352 e. The molecule has 1 aliphatic rings. The van der Waals surface area contributed by atoms with Crippen LogP contribution in [0.1, 0.15) is 18.7 Å². The van der Waals surface area contributed by atoms with Gasteiger partial charge in [0.2, 0.25) is 5.91 Å². The molecule has 1 unspecified atom stereocenters. The van der Waals surface area contributed by atoms with Gasteiger partial charge in [0.1, 0.15) is 28.5 Å². The number of anilines is 4. The van der Waals surface area contributed by atoms with Gasteiger partial charge in [-0.3, -0.25) is 9.10 Å². The summed E-state index contributed by atoms with van der Waals surface area (Å²) in [6.45, 7) is 0. The number of alkyl halides is 3. The van der Waals surface area contributed by atoms with Crippen LogP contribution in [-0.2, 0) is 22.8 Å². The van der Waals surface area contributed by atoms with Gasteiger partial charge < -0.3 is 20.2 Å². The molecule has 10 nitrogen and oxygen atoms in total. The Balaban J connectivity index is 1.58. The number of aromatic amines is 1. The van der Waals surface area contributed by atoms with Crippen molar-refractivity contribution in [2.45, 2.75) is 19.0 Å². The van der Waals surface area contributed by atoms with E-state index in [1.54, 1.807) is 29.9 Å². The predicted molar refractivity (Wildman–Crippen MR) is 135 cm³/mol.